The van der Waals surface area contributed by atoms with E-state index in [0.717, 1.165) is 36.8 Å². The SMILES string of the molecule is C=C/C=C(\C=C)COC(=O)C1CC(CCCC(C)CCC2OC2(C)C)CCC1C(=O)OCc1ccccc1.CC. The van der Waals surface area contributed by atoms with E-state index in [9.17, 15) is 9.59 Å². The average Bonchev–Trinajstić information content (AvgIpc) is 3.60. The molecule has 0 spiro atoms. The molecule has 5 heteroatoms. The van der Waals surface area contributed by atoms with E-state index in [0.29, 0.717) is 30.8 Å². The van der Waals surface area contributed by atoms with E-state index in [2.05, 4.69) is 33.9 Å². The van der Waals surface area contributed by atoms with Gasteiger partial charge in [0.25, 0.3) is 0 Å². The smallest absolute Gasteiger partial charge is 0.310 e. The van der Waals surface area contributed by atoms with E-state index in [4.69, 9.17) is 14.2 Å². The Hall–Kier alpha value is -2.66. The van der Waals surface area contributed by atoms with Gasteiger partial charge < -0.3 is 14.2 Å². The van der Waals surface area contributed by atoms with Gasteiger partial charge >= 0.3 is 11.9 Å². The van der Waals surface area contributed by atoms with Crippen molar-refractivity contribution in [3.05, 3.63) is 72.9 Å². The molecule has 1 saturated heterocycles. The van der Waals surface area contributed by atoms with Crippen LogP contribution in [0, 0.1) is 23.7 Å². The summed E-state index contributed by atoms with van der Waals surface area (Å²) in [6, 6.07) is 9.63. The molecule has 1 saturated carbocycles. The van der Waals surface area contributed by atoms with Gasteiger partial charge in [0.15, 0.2) is 0 Å². The molecule has 0 aromatic heterocycles. The van der Waals surface area contributed by atoms with Gasteiger partial charge in [0.05, 0.1) is 23.5 Å². The van der Waals surface area contributed by atoms with Crippen molar-refractivity contribution in [3.8, 4) is 0 Å². The normalized spacial score (nSPS) is 24.1. The lowest BCUT2D eigenvalue weighted by atomic mass is 9.72. The number of ether oxygens (including phenoxy) is 3. The summed E-state index contributed by atoms with van der Waals surface area (Å²) in [6.45, 7) is 18.4. The number of hydrogen-bond acceptors (Lipinski definition) is 5. The fraction of sp³-hybridized carbons (Fsp3) is 0.600. The first-order valence-electron chi connectivity index (χ1n) is 15.2. The van der Waals surface area contributed by atoms with Crippen LogP contribution in [-0.2, 0) is 30.4 Å². The standard InChI is InChI=1S/C33H46O5.C2H6/c1-6-12-25(7-2)22-36-32(35)29-21-26(16-11-13-24(3)17-20-30-33(4,5)38-30)18-19-28(29)31(34)37-23-27-14-9-8-10-15-27;1-2/h6-10,12,14-15,24,26,28-30H,1-2,11,13,16-23H2,3-5H3;1-2H3/b25-12+;. The maximum absolute atomic E-state index is 13.2. The summed E-state index contributed by atoms with van der Waals surface area (Å²) in [5.74, 6) is -0.523. The fourth-order valence-electron chi connectivity index (χ4n) is 5.56. The summed E-state index contributed by atoms with van der Waals surface area (Å²) >= 11 is 0. The zero-order valence-corrected chi connectivity index (χ0v) is 25.5. The number of benzene rings is 1. The third kappa shape index (κ3) is 11.1. The zero-order valence-electron chi connectivity index (χ0n) is 25.5. The van der Waals surface area contributed by atoms with Crippen LogP contribution in [0.3, 0.4) is 0 Å². The Kier molecular flexibility index (Phi) is 14.4. The molecule has 222 valence electrons. The van der Waals surface area contributed by atoms with Crippen LogP contribution in [0.5, 0.6) is 0 Å². The number of hydrogen-bond donors (Lipinski definition) is 0. The van der Waals surface area contributed by atoms with Gasteiger partial charge in [-0.2, -0.15) is 0 Å². The molecular weight excluding hydrogens is 500 g/mol. The van der Waals surface area contributed by atoms with E-state index in [1.165, 1.54) is 12.8 Å². The van der Waals surface area contributed by atoms with Crippen LogP contribution in [0.4, 0.5) is 0 Å². The fourth-order valence-corrected chi connectivity index (χ4v) is 5.56. The Labute approximate surface area is 243 Å². The van der Waals surface area contributed by atoms with E-state index in [1.54, 1.807) is 18.2 Å². The molecular formula is C35H52O5. The molecule has 40 heavy (non-hydrogen) atoms. The summed E-state index contributed by atoms with van der Waals surface area (Å²) in [5, 5.41) is 0. The van der Waals surface area contributed by atoms with Crippen molar-refractivity contribution in [2.24, 2.45) is 23.7 Å². The predicted octanol–water partition coefficient (Wildman–Crippen LogP) is 8.39. The van der Waals surface area contributed by atoms with E-state index in [1.807, 2.05) is 44.2 Å². The quantitative estimate of drug-likeness (QED) is 0.124. The molecule has 2 aliphatic rings. The highest BCUT2D eigenvalue weighted by atomic mass is 16.6. The maximum Gasteiger partial charge on any atom is 0.310 e. The van der Waals surface area contributed by atoms with Gasteiger partial charge in [-0.05, 0) is 68.9 Å². The number of esters is 2. The van der Waals surface area contributed by atoms with Crippen LogP contribution in [-0.4, -0.2) is 30.3 Å². The zero-order chi connectivity index (χ0) is 29.5. The highest BCUT2D eigenvalue weighted by Crippen LogP contribution is 2.40. The summed E-state index contributed by atoms with van der Waals surface area (Å²) in [5.41, 5.74) is 1.78. The molecule has 1 aromatic carbocycles. The Balaban J connectivity index is 0.00000274. The molecule has 1 aromatic rings. The van der Waals surface area contributed by atoms with Crippen molar-refractivity contribution in [3.63, 3.8) is 0 Å². The topological polar surface area (TPSA) is 65.1 Å². The summed E-state index contributed by atoms with van der Waals surface area (Å²) in [4.78, 5) is 26.3. The van der Waals surface area contributed by atoms with Gasteiger partial charge in [0, 0.05) is 0 Å². The molecule has 0 radical (unpaired) electrons. The van der Waals surface area contributed by atoms with Crippen molar-refractivity contribution in [1.29, 1.82) is 0 Å². The van der Waals surface area contributed by atoms with Gasteiger partial charge in [0.2, 0.25) is 0 Å². The average molecular weight is 553 g/mol. The number of allylic oxidation sites excluding steroid dienone is 2. The lowest BCUT2D eigenvalue weighted by molar-refractivity contribution is -0.164. The molecule has 0 N–H and O–H groups in total. The first-order chi connectivity index (χ1) is 19.2. The molecule has 5 unspecified atom stereocenters. The van der Waals surface area contributed by atoms with Crippen LogP contribution >= 0.6 is 0 Å². The predicted molar refractivity (Wildman–Crippen MR) is 163 cm³/mol. The number of rotatable bonds is 15. The van der Waals surface area contributed by atoms with Gasteiger partial charge in [-0.3, -0.25) is 9.59 Å². The van der Waals surface area contributed by atoms with Gasteiger partial charge in [0.1, 0.15) is 13.2 Å². The first kappa shape index (κ1) is 33.5. The highest BCUT2D eigenvalue weighted by molar-refractivity contribution is 5.82. The Morgan fingerprint density at radius 2 is 1.70 bits per heavy atom. The van der Waals surface area contributed by atoms with Crippen molar-refractivity contribution in [1.82, 2.24) is 0 Å². The third-order valence-electron chi connectivity index (χ3n) is 8.16. The lowest BCUT2D eigenvalue weighted by Crippen LogP contribution is -2.37. The number of carbonyl (C=O) groups is 2. The van der Waals surface area contributed by atoms with E-state index >= 15 is 0 Å². The largest absolute Gasteiger partial charge is 0.461 e. The molecule has 1 heterocycles. The number of carbonyl (C=O) groups excluding carboxylic acids is 2. The van der Waals surface area contributed by atoms with Crippen LogP contribution < -0.4 is 0 Å². The molecule has 5 nitrogen and oxygen atoms in total. The molecule has 1 aliphatic carbocycles. The molecule has 2 fully saturated rings. The van der Waals surface area contributed by atoms with Crippen molar-refractivity contribution in [2.75, 3.05) is 6.61 Å². The highest BCUT2D eigenvalue weighted by Gasteiger charge is 2.47. The summed E-state index contributed by atoms with van der Waals surface area (Å²) in [7, 11) is 0. The lowest BCUT2D eigenvalue weighted by Gasteiger charge is -2.33. The van der Waals surface area contributed by atoms with Crippen LogP contribution in [0.15, 0.2) is 67.3 Å². The monoisotopic (exact) mass is 552 g/mol. The second kappa shape index (κ2) is 17.2. The molecule has 1 aliphatic heterocycles. The first-order valence-corrected chi connectivity index (χ1v) is 15.2. The van der Waals surface area contributed by atoms with Crippen molar-refractivity contribution >= 4 is 11.9 Å². The minimum absolute atomic E-state index is 0.0676. The Morgan fingerprint density at radius 1 is 1.02 bits per heavy atom. The summed E-state index contributed by atoms with van der Waals surface area (Å²) in [6.07, 6.45) is 13.4. The van der Waals surface area contributed by atoms with Crippen molar-refractivity contribution in [2.45, 2.75) is 104 Å². The molecule has 3 rings (SSSR count). The van der Waals surface area contributed by atoms with E-state index < -0.39 is 11.8 Å². The Bertz CT molecular complexity index is 963. The molecule has 0 amide bonds. The second-order valence-corrected chi connectivity index (χ2v) is 11.6. The number of epoxide rings is 1. The van der Waals surface area contributed by atoms with Crippen LogP contribution in [0.25, 0.3) is 0 Å². The Morgan fingerprint density at radius 3 is 2.33 bits per heavy atom. The minimum Gasteiger partial charge on any atom is -0.461 e. The maximum atomic E-state index is 13.2. The molecule has 5 atom stereocenters. The van der Waals surface area contributed by atoms with Crippen LogP contribution in [0.1, 0.15) is 91.5 Å². The minimum atomic E-state index is -0.488. The molecule has 0 bridgehead atoms. The second-order valence-electron chi connectivity index (χ2n) is 11.6. The van der Waals surface area contributed by atoms with Crippen LogP contribution in [0.2, 0.25) is 0 Å². The van der Waals surface area contributed by atoms with Gasteiger partial charge in [-0.15, -0.1) is 0 Å². The van der Waals surface area contributed by atoms with E-state index in [-0.39, 0.29) is 30.8 Å². The van der Waals surface area contributed by atoms with Gasteiger partial charge in [-0.25, -0.2) is 0 Å². The third-order valence-corrected chi connectivity index (χ3v) is 8.16. The van der Waals surface area contributed by atoms with Crippen molar-refractivity contribution < 1.29 is 23.8 Å². The summed E-state index contributed by atoms with van der Waals surface area (Å²) < 4.78 is 17.0. The van der Waals surface area contributed by atoms with Gasteiger partial charge in [-0.1, -0.05) is 102 Å².